The number of carboxylic acids is 1. The zero-order valence-corrected chi connectivity index (χ0v) is 10.7. The third kappa shape index (κ3) is 3.30. The Labute approximate surface area is 107 Å². The van der Waals surface area contributed by atoms with Gasteiger partial charge in [0.15, 0.2) is 0 Å². The molecule has 0 aliphatic carbocycles. The van der Waals surface area contributed by atoms with Gasteiger partial charge in [0.05, 0.1) is 6.33 Å². The molecule has 0 saturated carbocycles. The Bertz CT molecular complexity index is 371. The largest absolute Gasteiger partial charge is 0.480 e. The van der Waals surface area contributed by atoms with Gasteiger partial charge in [-0.15, -0.1) is 0 Å². The van der Waals surface area contributed by atoms with Crippen molar-refractivity contribution in [3.05, 3.63) is 18.7 Å². The lowest BCUT2D eigenvalue weighted by molar-refractivity contribution is -0.143. The van der Waals surface area contributed by atoms with Gasteiger partial charge in [-0.05, 0) is 6.92 Å². The van der Waals surface area contributed by atoms with Crippen LogP contribution in [-0.4, -0.2) is 69.2 Å². The van der Waals surface area contributed by atoms with Crippen molar-refractivity contribution in [3.8, 4) is 0 Å². The Morgan fingerprint density at radius 2 is 2.06 bits per heavy atom. The molecule has 0 radical (unpaired) electrons. The van der Waals surface area contributed by atoms with Crippen molar-refractivity contribution < 1.29 is 9.90 Å². The molecule has 0 bridgehead atoms. The quantitative estimate of drug-likeness (QED) is 0.797. The van der Waals surface area contributed by atoms with Crippen LogP contribution in [0.4, 0.5) is 0 Å². The van der Waals surface area contributed by atoms with Gasteiger partial charge >= 0.3 is 5.97 Å². The molecule has 1 aromatic rings. The lowest BCUT2D eigenvalue weighted by atomic mass is 10.2. The standard InChI is InChI=1S/C12H20N4O2/c1-11(12(17)18)16-8-6-14(7-9-16)4-5-15-3-2-13-10-15/h2-3,10-11H,4-9H2,1H3,(H,17,18). The summed E-state index contributed by atoms with van der Waals surface area (Å²) in [6.07, 6.45) is 5.57. The average Bonchev–Trinajstić information content (AvgIpc) is 2.89. The van der Waals surface area contributed by atoms with E-state index in [-0.39, 0.29) is 6.04 Å². The third-order valence-electron chi connectivity index (χ3n) is 3.55. The summed E-state index contributed by atoms with van der Waals surface area (Å²) in [6, 6.07) is -0.374. The summed E-state index contributed by atoms with van der Waals surface area (Å²) in [7, 11) is 0. The topological polar surface area (TPSA) is 61.6 Å². The number of carboxylic acid groups (broad SMARTS) is 1. The van der Waals surface area contributed by atoms with Crippen LogP contribution < -0.4 is 0 Å². The summed E-state index contributed by atoms with van der Waals surface area (Å²) in [5, 5.41) is 8.96. The zero-order valence-electron chi connectivity index (χ0n) is 10.7. The minimum absolute atomic E-state index is 0.374. The third-order valence-corrected chi connectivity index (χ3v) is 3.55. The van der Waals surface area contributed by atoms with E-state index in [9.17, 15) is 4.79 Å². The number of hydrogen-bond donors (Lipinski definition) is 1. The van der Waals surface area contributed by atoms with Crippen molar-refractivity contribution in [2.45, 2.75) is 19.5 Å². The number of aliphatic carboxylic acids is 1. The molecule has 1 unspecified atom stereocenters. The minimum atomic E-state index is -0.734. The van der Waals surface area contributed by atoms with Gasteiger partial charge in [0, 0.05) is 51.7 Å². The second-order valence-electron chi connectivity index (χ2n) is 4.69. The van der Waals surface area contributed by atoms with Gasteiger partial charge in [0.25, 0.3) is 0 Å². The summed E-state index contributed by atoms with van der Waals surface area (Å²) in [5.74, 6) is -0.734. The molecule has 2 rings (SSSR count). The molecule has 1 saturated heterocycles. The summed E-state index contributed by atoms with van der Waals surface area (Å²) < 4.78 is 2.06. The molecular formula is C12H20N4O2. The lowest BCUT2D eigenvalue weighted by Crippen LogP contribution is -2.52. The van der Waals surface area contributed by atoms with Crippen molar-refractivity contribution in [3.63, 3.8) is 0 Å². The van der Waals surface area contributed by atoms with Gasteiger partial charge < -0.3 is 9.67 Å². The van der Waals surface area contributed by atoms with E-state index in [1.807, 2.05) is 17.4 Å². The first-order chi connectivity index (χ1) is 8.66. The molecule has 6 heteroatoms. The summed E-state index contributed by atoms with van der Waals surface area (Å²) in [6.45, 7) is 7.22. The Balaban J connectivity index is 1.72. The second-order valence-corrected chi connectivity index (χ2v) is 4.69. The molecule has 1 aromatic heterocycles. The fraction of sp³-hybridized carbons (Fsp3) is 0.667. The first kappa shape index (κ1) is 13.0. The van der Waals surface area contributed by atoms with Gasteiger partial charge in [-0.1, -0.05) is 0 Å². The molecule has 2 heterocycles. The predicted molar refractivity (Wildman–Crippen MR) is 67.3 cm³/mol. The van der Waals surface area contributed by atoms with Crippen LogP contribution in [0.5, 0.6) is 0 Å². The van der Waals surface area contributed by atoms with Crippen molar-refractivity contribution in [2.75, 3.05) is 32.7 Å². The molecule has 6 nitrogen and oxygen atoms in total. The first-order valence-electron chi connectivity index (χ1n) is 6.32. The molecule has 100 valence electrons. The lowest BCUT2D eigenvalue weighted by Gasteiger charge is -2.36. The number of hydrogen-bond acceptors (Lipinski definition) is 4. The molecule has 1 atom stereocenters. The molecule has 1 fully saturated rings. The van der Waals surface area contributed by atoms with E-state index >= 15 is 0 Å². The van der Waals surface area contributed by atoms with Gasteiger partial charge in [-0.3, -0.25) is 14.6 Å². The maximum Gasteiger partial charge on any atom is 0.320 e. The maximum atomic E-state index is 10.9. The van der Waals surface area contributed by atoms with Crippen molar-refractivity contribution in [1.29, 1.82) is 0 Å². The molecule has 1 N–H and O–H groups in total. The second kappa shape index (κ2) is 5.97. The van der Waals surface area contributed by atoms with Gasteiger partial charge in [-0.25, -0.2) is 4.98 Å². The molecule has 0 amide bonds. The Morgan fingerprint density at radius 3 is 2.61 bits per heavy atom. The van der Waals surface area contributed by atoms with E-state index in [0.29, 0.717) is 0 Å². The van der Waals surface area contributed by atoms with Crippen molar-refractivity contribution in [1.82, 2.24) is 19.4 Å². The van der Waals surface area contributed by atoms with Crippen LogP contribution in [0.25, 0.3) is 0 Å². The van der Waals surface area contributed by atoms with E-state index in [2.05, 4.69) is 14.5 Å². The number of imidazole rings is 1. The molecule has 0 spiro atoms. The Hall–Kier alpha value is -1.40. The first-order valence-corrected chi connectivity index (χ1v) is 6.32. The smallest absolute Gasteiger partial charge is 0.320 e. The van der Waals surface area contributed by atoms with E-state index in [1.165, 1.54) is 0 Å². The van der Waals surface area contributed by atoms with Crippen LogP contribution >= 0.6 is 0 Å². The van der Waals surface area contributed by atoms with Crippen LogP contribution in [0.3, 0.4) is 0 Å². The molecule has 18 heavy (non-hydrogen) atoms. The van der Waals surface area contributed by atoms with E-state index in [0.717, 1.165) is 39.3 Å². The van der Waals surface area contributed by atoms with Crippen LogP contribution in [0.2, 0.25) is 0 Å². The van der Waals surface area contributed by atoms with Crippen LogP contribution in [0.15, 0.2) is 18.7 Å². The summed E-state index contributed by atoms with van der Waals surface area (Å²) >= 11 is 0. The number of piperazine rings is 1. The predicted octanol–water partition coefficient (Wildman–Crippen LogP) is -0.0262. The Morgan fingerprint density at radius 1 is 1.33 bits per heavy atom. The highest BCUT2D eigenvalue weighted by Crippen LogP contribution is 2.06. The average molecular weight is 252 g/mol. The highest BCUT2D eigenvalue weighted by molar-refractivity contribution is 5.72. The van der Waals surface area contributed by atoms with E-state index in [4.69, 9.17) is 5.11 Å². The van der Waals surface area contributed by atoms with Gasteiger partial charge in [0.2, 0.25) is 0 Å². The van der Waals surface area contributed by atoms with E-state index < -0.39 is 5.97 Å². The number of aromatic nitrogens is 2. The molecular weight excluding hydrogens is 232 g/mol. The monoisotopic (exact) mass is 252 g/mol. The number of nitrogens with zero attached hydrogens (tertiary/aromatic N) is 4. The molecule has 1 aliphatic rings. The SMILES string of the molecule is CC(C(=O)O)N1CCN(CCn2ccnc2)CC1. The normalized spacial score (nSPS) is 19.8. The number of rotatable bonds is 5. The summed E-state index contributed by atoms with van der Waals surface area (Å²) in [5.41, 5.74) is 0. The van der Waals surface area contributed by atoms with Crippen LogP contribution in [0, 0.1) is 0 Å². The van der Waals surface area contributed by atoms with Gasteiger partial charge in [-0.2, -0.15) is 0 Å². The molecule has 0 aromatic carbocycles. The van der Waals surface area contributed by atoms with Crippen LogP contribution in [0.1, 0.15) is 6.92 Å². The fourth-order valence-electron chi connectivity index (χ4n) is 2.21. The fourth-order valence-corrected chi connectivity index (χ4v) is 2.21. The highest BCUT2D eigenvalue weighted by atomic mass is 16.4. The summed E-state index contributed by atoms with van der Waals surface area (Å²) in [4.78, 5) is 19.3. The van der Waals surface area contributed by atoms with Gasteiger partial charge in [0.1, 0.15) is 6.04 Å². The maximum absolute atomic E-state index is 10.9. The zero-order chi connectivity index (χ0) is 13.0. The van der Waals surface area contributed by atoms with Crippen LogP contribution in [-0.2, 0) is 11.3 Å². The number of carbonyl (C=O) groups is 1. The molecule has 1 aliphatic heterocycles. The Kier molecular flexibility index (Phi) is 4.33. The minimum Gasteiger partial charge on any atom is -0.480 e. The van der Waals surface area contributed by atoms with Crippen molar-refractivity contribution >= 4 is 5.97 Å². The van der Waals surface area contributed by atoms with E-state index in [1.54, 1.807) is 13.1 Å². The highest BCUT2D eigenvalue weighted by Gasteiger charge is 2.24. The van der Waals surface area contributed by atoms with Crippen molar-refractivity contribution in [2.24, 2.45) is 0 Å².